The summed E-state index contributed by atoms with van der Waals surface area (Å²) in [6.07, 6.45) is 2.22. The lowest BCUT2D eigenvalue weighted by Gasteiger charge is -1.98. The highest BCUT2D eigenvalue weighted by Crippen LogP contribution is 2.16. The van der Waals surface area contributed by atoms with Crippen molar-refractivity contribution < 1.29 is 13.6 Å². The third-order valence-corrected chi connectivity index (χ3v) is 1.02. The molecule has 0 heterocycles. The molecule has 48 valence electrons. The van der Waals surface area contributed by atoms with Crippen LogP contribution < -0.4 is 0 Å². The van der Waals surface area contributed by atoms with Crippen LogP contribution in [0.3, 0.4) is 0 Å². The lowest BCUT2D eigenvalue weighted by atomic mass is 10.1. The van der Waals surface area contributed by atoms with Crippen LogP contribution >= 0.6 is 0 Å². The summed E-state index contributed by atoms with van der Waals surface area (Å²) in [6, 6.07) is 0. The summed E-state index contributed by atoms with van der Waals surface area (Å²) in [7, 11) is 0. The van der Waals surface area contributed by atoms with Crippen LogP contribution in [-0.2, 0) is 4.79 Å². The van der Waals surface area contributed by atoms with Crippen LogP contribution in [0.4, 0.5) is 8.78 Å². The largest absolute Gasteiger partial charge is 0.291 e. The van der Waals surface area contributed by atoms with Crippen molar-refractivity contribution in [3.63, 3.8) is 0 Å². The Labute approximate surface area is 50.7 Å². The second kappa shape index (κ2) is 2.09. The number of carbonyl (C=O) groups excluding carboxylic acids is 1. The predicted molar refractivity (Wildman–Crippen MR) is 28.0 cm³/mol. The SMILES string of the molecule is O=C1CC=CC(F)=C1F. The molecule has 0 unspecified atom stereocenters. The normalized spacial score (nSPS) is 19.1. The van der Waals surface area contributed by atoms with Crippen LogP contribution in [-0.4, -0.2) is 5.78 Å². The quantitative estimate of drug-likeness (QED) is 0.487. The molecule has 0 aromatic carbocycles. The molecule has 0 bridgehead atoms. The number of halogens is 2. The number of allylic oxidation sites excluding steroid dienone is 4. The minimum atomic E-state index is -1.25. The monoisotopic (exact) mass is 130 g/mol. The number of Topliss-reactive ketones (excluding diaryl/α,β-unsaturated/α-hetero) is 1. The summed E-state index contributed by atoms with van der Waals surface area (Å²) in [4.78, 5) is 10.3. The Morgan fingerprint density at radius 2 is 2.11 bits per heavy atom. The lowest BCUT2D eigenvalue weighted by molar-refractivity contribution is -0.116. The highest BCUT2D eigenvalue weighted by atomic mass is 19.2. The molecule has 0 N–H and O–H groups in total. The zero-order valence-corrected chi connectivity index (χ0v) is 4.53. The highest BCUT2D eigenvalue weighted by molar-refractivity contribution is 5.96. The lowest BCUT2D eigenvalue weighted by Crippen LogP contribution is -2.01. The van der Waals surface area contributed by atoms with Crippen molar-refractivity contribution >= 4 is 5.78 Å². The molecule has 0 saturated carbocycles. The van der Waals surface area contributed by atoms with Crippen LogP contribution in [0.1, 0.15) is 6.42 Å². The molecule has 0 spiro atoms. The van der Waals surface area contributed by atoms with Gasteiger partial charge in [-0.25, -0.2) is 4.39 Å². The molecule has 0 fully saturated rings. The Balaban J connectivity index is 2.97. The first-order chi connectivity index (χ1) is 4.22. The zero-order valence-electron chi connectivity index (χ0n) is 4.53. The van der Waals surface area contributed by atoms with Gasteiger partial charge in [0.2, 0.25) is 5.83 Å². The Morgan fingerprint density at radius 1 is 1.44 bits per heavy atom. The van der Waals surface area contributed by atoms with Gasteiger partial charge in [0.15, 0.2) is 11.6 Å². The van der Waals surface area contributed by atoms with Crippen molar-refractivity contribution in [3.8, 4) is 0 Å². The average Bonchev–Trinajstić information content (AvgIpc) is 1.83. The molecule has 0 amide bonds. The van der Waals surface area contributed by atoms with Gasteiger partial charge < -0.3 is 0 Å². The summed E-state index contributed by atoms with van der Waals surface area (Å²) in [5, 5.41) is 0. The highest BCUT2D eigenvalue weighted by Gasteiger charge is 2.15. The van der Waals surface area contributed by atoms with Gasteiger partial charge in [0.25, 0.3) is 0 Å². The van der Waals surface area contributed by atoms with E-state index in [-0.39, 0.29) is 6.42 Å². The second-order valence-electron chi connectivity index (χ2n) is 1.69. The van der Waals surface area contributed by atoms with Gasteiger partial charge in [0, 0.05) is 6.42 Å². The molecule has 1 rings (SSSR count). The van der Waals surface area contributed by atoms with Crippen LogP contribution in [0.2, 0.25) is 0 Å². The summed E-state index contributed by atoms with van der Waals surface area (Å²) in [5.41, 5.74) is 0. The van der Waals surface area contributed by atoms with E-state index in [0.717, 1.165) is 6.08 Å². The third kappa shape index (κ3) is 1.04. The minimum absolute atomic E-state index is 0.0285. The van der Waals surface area contributed by atoms with Crippen molar-refractivity contribution in [3.05, 3.63) is 23.8 Å². The smallest absolute Gasteiger partial charge is 0.201 e. The molecule has 0 atom stereocenters. The summed E-state index contributed by atoms with van der Waals surface area (Å²) in [6.45, 7) is 0. The number of hydrogen-bond donors (Lipinski definition) is 0. The van der Waals surface area contributed by atoms with Gasteiger partial charge in [-0.2, -0.15) is 4.39 Å². The van der Waals surface area contributed by atoms with Crippen molar-refractivity contribution in [2.24, 2.45) is 0 Å². The van der Waals surface area contributed by atoms with Gasteiger partial charge in [-0.3, -0.25) is 4.79 Å². The maximum atomic E-state index is 12.1. The fourth-order valence-electron chi connectivity index (χ4n) is 0.565. The van der Waals surface area contributed by atoms with Crippen LogP contribution in [0.15, 0.2) is 23.8 Å². The first-order valence-electron chi connectivity index (χ1n) is 2.47. The Kier molecular flexibility index (Phi) is 1.42. The van der Waals surface area contributed by atoms with Gasteiger partial charge in [-0.1, -0.05) is 6.08 Å². The molecule has 1 aliphatic rings. The van der Waals surface area contributed by atoms with E-state index in [2.05, 4.69) is 0 Å². The summed E-state index contributed by atoms with van der Waals surface area (Å²) >= 11 is 0. The maximum absolute atomic E-state index is 12.1. The van der Waals surface area contributed by atoms with E-state index in [0.29, 0.717) is 0 Å². The van der Waals surface area contributed by atoms with Gasteiger partial charge in [-0.05, 0) is 6.08 Å². The molecule has 9 heavy (non-hydrogen) atoms. The fourth-order valence-corrected chi connectivity index (χ4v) is 0.565. The minimum Gasteiger partial charge on any atom is -0.291 e. The van der Waals surface area contributed by atoms with E-state index < -0.39 is 17.4 Å². The van der Waals surface area contributed by atoms with Gasteiger partial charge in [0.05, 0.1) is 0 Å². The number of rotatable bonds is 0. The second-order valence-corrected chi connectivity index (χ2v) is 1.69. The zero-order chi connectivity index (χ0) is 6.85. The number of carbonyl (C=O) groups is 1. The van der Waals surface area contributed by atoms with Crippen molar-refractivity contribution in [2.75, 3.05) is 0 Å². The summed E-state index contributed by atoms with van der Waals surface area (Å²) in [5.74, 6) is -3.10. The van der Waals surface area contributed by atoms with Gasteiger partial charge >= 0.3 is 0 Å². The molecule has 0 radical (unpaired) electrons. The van der Waals surface area contributed by atoms with Crippen molar-refractivity contribution in [1.29, 1.82) is 0 Å². The van der Waals surface area contributed by atoms with Gasteiger partial charge in [-0.15, -0.1) is 0 Å². The molecule has 1 nitrogen and oxygen atoms in total. The van der Waals surface area contributed by atoms with Crippen LogP contribution in [0.5, 0.6) is 0 Å². The molecule has 3 heteroatoms. The van der Waals surface area contributed by atoms with E-state index in [9.17, 15) is 13.6 Å². The topological polar surface area (TPSA) is 17.1 Å². The van der Waals surface area contributed by atoms with Crippen molar-refractivity contribution in [2.45, 2.75) is 6.42 Å². The van der Waals surface area contributed by atoms with E-state index in [1.165, 1.54) is 6.08 Å². The number of hydrogen-bond acceptors (Lipinski definition) is 1. The molecule has 0 aromatic rings. The van der Waals surface area contributed by atoms with Crippen molar-refractivity contribution in [1.82, 2.24) is 0 Å². The molecule has 0 saturated heterocycles. The Hall–Kier alpha value is -0.990. The maximum Gasteiger partial charge on any atom is 0.201 e. The molecular weight excluding hydrogens is 126 g/mol. The number of ketones is 1. The predicted octanol–water partition coefficient (Wildman–Crippen LogP) is 1.67. The van der Waals surface area contributed by atoms with Crippen LogP contribution in [0.25, 0.3) is 0 Å². The third-order valence-electron chi connectivity index (χ3n) is 1.02. The van der Waals surface area contributed by atoms with Crippen LogP contribution in [0, 0.1) is 0 Å². The Bertz CT molecular complexity index is 203. The van der Waals surface area contributed by atoms with E-state index in [1.807, 2.05) is 0 Å². The first-order valence-corrected chi connectivity index (χ1v) is 2.47. The molecular formula is C6H4F2O. The van der Waals surface area contributed by atoms with Gasteiger partial charge in [0.1, 0.15) is 0 Å². The first kappa shape index (κ1) is 6.13. The van der Waals surface area contributed by atoms with E-state index in [1.54, 1.807) is 0 Å². The van der Waals surface area contributed by atoms with E-state index in [4.69, 9.17) is 0 Å². The Morgan fingerprint density at radius 3 is 2.56 bits per heavy atom. The molecule has 1 aliphatic carbocycles. The van der Waals surface area contributed by atoms with E-state index >= 15 is 0 Å². The molecule has 0 aromatic heterocycles. The summed E-state index contributed by atoms with van der Waals surface area (Å²) < 4.78 is 24.1. The standard InChI is InChI=1S/C6H4F2O/c7-4-2-1-3-5(9)6(4)8/h1-2H,3H2. The fraction of sp³-hybridized carbons (Fsp3) is 0.167. The average molecular weight is 130 g/mol. The molecule has 0 aliphatic heterocycles.